The predicted octanol–water partition coefficient (Wildman–Crippen LogP) is 1.99. The zero-order chi connectivity index (χ0) is 25.0. The van der Waals surface area contributed by atoms with Crippen molar-refractivity contribution in [1.82, 2.24) is 29.9 Å². The minimum atomic E-state index is -4.16. The maximum Gasteiger partial charge on any atom is 0.291 e. The van der Waals surface area contributed by atoms with Gasteiger partial charge in [-0.2, -0.15) is 9.82 Å². The molecule has 15 heteroatoms. The molecule has 0 spiro atoms. The largest absolute Gasteiger partial charge is 0.377 e. The van der Waals surface area contributed by atoms with E-state index in [1.807, 2.05) is 18.7 Å². The monoisotopic (exact) mass is 531 g/mol. The lowest BCUT2D eigenvalue weighted by atomic mass is 10.0. The number of anilines is 1. The molecular formula is C20H24F3N7O3S2. The maximum atomic E-state index is 13.6. The highest BCUT2D eigenvalue weighted by atomic mass is 32.2. The topological polar surface area (TPSA) is 114 Å². The van der Waals surface area contributed by atoms with Crippen molar-refractivity contribution in [3.05, 3.63) is 23.3 Å². The first-order valence-electron chi connectivity index (χ1n) is 10.9. The molecule has 5 heterocycles. The maximum absolute atomic E-state index is 13.6. The Morgan fingerprint density at radius 3 is 2.54 bits per heavy atom. The second-order valence-corrected chi connectivity index (χ2v) is 11.7. The van der Waals surface area contributed by atoms with E-state index in [9.17, 15) is 21.6 Å². The number of fused-ring (bicyclic) bond motifs is 1. The zero-order valence-corrected chi connectivity index (χ0v) is 20.5. The Labute approximate surface area is 203 Å². The Kier molecular flexibility index (Phi) is 6.24. The van der Waals surface area contributed by atoms with Crippen molar-refractivity contribution in [1.29, 1.82) is 0 Å². The van der Waals surface area contributed by atoms with Crippen LogP contribution in [0.15, 0.2) is 23.2 Å². The van der Waals surface area contributed by atoms with Crippen molar-refractivity contribution in [3.63, 3.8) is 0 Å². The van der Waals surface area contributed by atoms with Gasteiger partial charge in [0.25, 0.3) is 6.43 Å². The Morgan fingerprint density at radius 2 is 1.97 bits per heavy atom. The first-order valence-corrected chi connectivity index (χ1v) is 13.2. The average Bonchev–Trinajstić information content (AvgIpc) is 3.42. The number of alkyl halides is 3. The SMILES string of the molecule is C[C@H]1CN(c2cc(S(=O)(=O)NC3(CF)COC3)cc3c(-c4nnc(C(F)F)s4)cnn23)C[C@H](C)N1. The van der Waals surface area contributed by atoms with E-state index in [-0.39, 0.29) is 35.2 Å². The number of ether oxygens (including phenoxy) is 1. The zero-order valence-electron chi connectivity index (χ0n) is 18.9. The van der Waals surface area contributed by atoms with Crippen molar-refractivity contribution in [2.24, 2.45) is 0 Å². The molecule has 2 atom stereocenters. The summed E-state index contributed by atoms with van der Waals surface area (Å²) in [6.45, 7) is 4.17. The second kappa shape index (κ2) is 8.96. The van der Waals surface area contributed by atoms with Crippen molar-refractivity contribution in [3.8, 4) is 10.6 Å². The van der Waals surface area contributed by atoms with Crippen LogP contribution in [0.3, 0.4) is 0 Å². The summed E-state index contributed by atoms with van der Waals surface area (Å²) in [5.74, 6) is 0.507. The quantitative estimate of drug-likeness (QED) is 0.476. The molecule has 0 radical (unpaired) electrons. The number of aromatic nitrogens is 4. The summed E-state index contributed by atoms with van der Waals surface area (Å²) in [5.41, 5.74) is -0.577. The van der Waals surface area contributed by atoms with E-state index in [0.717, 1.165) is 0 Å². The van der Waals surface area contributed by atoms with Gasteiger partial charge < -0.3 is 15.0 Å². The van der Waals surface area contributed by atoms with E-state index in [1.165, 1.54) is 18.3 Å². The first kappa shape index (κ1) is 24.4. The second-order valence-electron chi connectivity index (χ2n) is 9.04. The number of sulfonamides is 1. The summed E-state index contributed by atoms with van der Waals surface area (Å²) < 4.78 is 75.6. The van der Waals surface area contributed by atoms with Gasteiger partial charge in [0, 0.05) is 31.2 Å². The fraction of sp³-hybridized carbons (Fsp3) is 0.550. The Bertz CT molecular complexity index is 1330. The van der Waals surface area contributed by atoms with Crippen molar-refractivity contribution >= 4 is 32.7 Å². The third kappa shape index (κ3) is 4.50. The van der Waals surface area contributed by atoms with Crippen molar-refractivity contribution in [2.45, 2.75) is 42.8 Å². The Hall–Kier alpha value is -2.33. The molecule has 35 heavy (non-hydrogen) atoms. The lowest BCUT2D eigenvalue weighted by Gasteiger charge is -2.39. The molecule has 2 fully saturated rings. The van der Waals surface area contributed by atoms with Crippen LogP contribution in [0.25, 0.3) is 16.1 Å². The minimum Gasteiger partial charge on any atom is -0.377 e. The van der Waals surface area contributed by atoms with Gasteiger partial charge in [-0.05, 0) is 19.9 Å². The summed E-state index contributed by atoms with van der Waals surface area (Å²) >= 11 is 0.715. The standard InChI is InChI=1S/C20H24F3N7O3S2/c1-11-6-29(7-12(2)25-11)16-4-13(35(31,32)28-20(8-21)9-33-10-20)3-15-14(5-24-30(15)16)18-26-27-19(34-18)17(22)23/h3-5,11-12,17,25,28H,6-10H2,1-2H3/t11-,12-/m0/s1. The van der Waals surface area contributed by atoms with Crippen LogP contribution >= 0.6 is 11.3 Å². The summed E-state index contributed by atoms with van der Waals surface area (Å²) in [4.78, 5) is 1.91. The smallest absolute Gasteiger partial charge is 0.291 e. The van der Waals surface area contributed by atoms with Crippen LogP contribution in [0.1, 0.15) is 25.3 Å². The molecule has 190 valence electrons. The number of piperazine rings is 1. The average molecular weight is 532 g/mol. The van der Waals surface area contributed by atoms with E-state index in [0.29, 0.717) is 41.3 Å². The van der Waals surface area contributed by atoms with E-state index in [1.54, 1.807) is 4.52 Å². The third-order valence-corrected chi connectivity index (χ3v) is 8.51. The van der Waals surface area contributed by atoms with Gasteiger partial charge in [-0.15, -0.1) is 10.2 Å². The minimum absolute atomic E-state index is 0.0657. The Morgan fingerprint density at radius 1 is 1.26 bits per heavy atom. The number of rotatable bonds is 7. The molecule has 0 unspecified atom stereocenters. The lowest BCUT2D eigenvalue weighted by Crippen LogP contribution is -2.63. The fourth-order valence-electron chi connectivity index (χ4n) is 4.39. The molecule has 5 rings (SSSR count). The molecule has 10 nitrogen and oxygen atoms in total. The van der Waals surface area contributed by atoms with Gasteiger partial charge in [0.15, 0.2) is 10.0 Å². The number of pyridine rings is 1. The molecule has 2 aliphatic heterocycles. The van der Waals surface area contributed by atoms with Gasteiger partial charge >= 0.3 is 0 Å². The van der Waals surface area contributed by atoms with Crippen LogP contribution < -0.4 is 14.9 Å². The molecule has 0 aliphatic carbocycles. The van der Waals surface area contributed by atoms with Gasteiger partial charge in [-0.1, -0.05) is 11.3 Å². The molecule has 0 aromatic carbocycles. The molecule has 3 aromatic heterocycles. The van der Waals surface area contributed by atoms with Crippen LogP contribution in [0, 0.1) is 0 Å². The number of nitrogens with one attached hydrogen (secondary N) is 2. The molecule has 0 saturated carbocycles. The highest BCUT2D eigenvalue weighted by molar-refractivity contribution is 7.89. The molecular weight excluding hydrogens is 507 g/mol. The number of hydrogen-bond acceptors (Lipinski definition) is 9. The molecule has 2 N–H and O–H groups in total. The van der Waals surface area contributed by atoms with E-state index in [4.69, 9.17) is 4.74 Å². The van der Waals surface area contributed by atoms with E-state index in [2.05, 4.69) is 25.3 Å². The molecule has 0 amide bonds. The van der Waals surface area contributed by atoms with Gasteiger partial charge in [0.1, 0.15) is 18.0 Å². The predicted molar refractivity (Wildman–Crippen MR) is 123 cm³/mol. The summed E-state index contributed by atoms with van der Waals surface area (Å²) in [5, 5.41) is 15.0. The van der Waals surface area contributed by atoms with Crippen LogP contribution in [0.5, 0.6) is 0 Å². The highest BCUT2D eigenvalue weighted by Crippen LogP contribution is 2.35. The summed E-state index contributed by atoms with van der Waals surface area (Å²) in [6, 6.07) is 3.13. The molecule has 3 aromatic rings. The highest BCUT2D eigenvalue weighted by Gasteiger charge is 2.43. The van der Waals surface area contributed by atoms with Gasteiger partial charge in [-0.25, -0.2) is 26.1 Å². The molecule has 2 aliphatic rings. The van der Waals surface area contributed by atoms with E-state index >= 15 is 0 Å². The third-order valence-electron chi connectivity index (χ3n) is 5.99. The van der Waals surface area contributed by atoms with Crippen LogP contribution in [-0.4, -0.2) is 78.8 Å². The first-order chi connectivity index (χ1) is 16.6. The summed E-state index contributed by atoms with van der Waals surface area (Å²) in [7, 11) is -4.16. The van der Waals surface area contributed by atoms with Crippen LogP contribution in [0.4, 0.5) is 19.0 Å². The normalized spacial score (nSPS) is 22.6. The number of halogens is 3. The lowest BCUT2D eigenvalue weighted by molar-refractivity contribution is -0.0725. The van der Waals surface area contributed by atoms with Gasteiger partial charge in [-0.3, -0.25) is 0 Å². The van der Waals surface area contributed by atoms with Crippen molar-refractivity contribution in [2.75, 3.05) is 37.9 Å². The number of hydrogen-bond donors (Lipinski definition) is 2. The Balaban J connectivity index is 1.65. The van der Waals surface area contributed by atoms with Crippen molar-refractivity contribution < 1.29 is 26.3 Å². The van der Waals surface area contributed by atoms with E-state index < -0.39 is 33.7 Å². The summed E-state index contributed by atoms with van der Waals surface area (Å²) in [6.07, 6.45) is -1.32. The molecule has 2 saturated heterocycles. The van der Waals surface area contributed by atoms with Gasteiger partial charge in [0.2, 0.25) is 10.0 Å². The van der Waals surface area contributed by atoms with Gasteiger partial charge in [0.05, 0.1) is 35.4 Å². The number of nitrogens with zero attached hydrogens (tertiary/aromatic N) is 5. The molecule has 0 bridgehead atoms. The van der Waals surface area contributed by atoms with Crippen LogP contribution in [-0.2, 0) is 14.8 Å². The van der Waals surface area contributed by atoms with Crippen LogP contribution in [0.2, 0.25) is 0 Å². The fourth-order valence-corrected chi connectivity index (χ4v) is 6.50.